The summed E-state index contributed by atoms with van der Waals surface area (Å²) in [4.78, 5) is 28.0. The van der Waals surface area contributed by atoms with E-state index in [1.54, 1.807) is 49.6 Å². The summed E-state index contributed by atoms with van der Waals surface area (Å²) in [6, 6.07) is 19.8. The zero-order chi connectivity index (χ0) is 23.6. The Morgan fingerprint density at radius 1 is 1.00 bits per heavy atom. The van der Waals surface area contributed by atoms with E-state index in [-0.39, 0.29) is 25.4 Å². The summed E-state index contributed by atoms with van der Waals surface area (Å²) in [5.41, 5.74) is 1.48. The third-order valence-corrected chi connectivity index (χ3v) is 5.98. The van der Waals surface area contributed by atoms with Crippen LogP contribution in [0.5, 0.6) is 11.5 Å². The van der Waals surface area contributed by atoms with Gasteiger partial charge in [-0.05, 0) is 37.6 Å². The predicted molar refractivity (Wildman–Crippen MR) is 126 cm³/mol. The Kier molecular flexibility index (Phi) is 6.20. The molecule has 1 unspecified atom stereocenters. The molecule has 170 valence electrons. The second-order valence-corrected chi connectivity index (χ2v) is 8.25. The zero-order valence-corrected chi connectivity index (χ0v) is 19.0. The van der Waals surface area contributed by atoms with Crippen molar-refractivity contribution in [3.63, 3.8) is 0 Å². The first-order valence-electron chi connectivity index (χ1n) is 10.9. The second-order valence-electron chi connectivity index (χ2n) is 8.25. The Bertz CT molecular complexity index is 1200. The standard InChI is InChI=1S/C27H27NO5/c1-18-12-13-20(19(2)16-18)23(29)17-27(31)21-8-4-5-9-22(21)28(26(27)30)14-15-33-25-11-7-6-10-24(25)32-3/h4-13,16,31H,14-15,17H2,1-3H3. The number of anilines is 1. The maximum absolute atomic E-state index is 13.4. The molecule has 33 heavy (non-hydrogen) atoms. The quantitative estimate of drug-likeness (QED) is 0.526. The van der Waals surface area contributed by atoms with Gasteiger partial charge in [0.1, 0.15) is 6.61 Å². The molecule has 3 aromatic rings. The molecule has 4 rings (SSSR count). The first-order valence-corrected chi connectivity index (χ1v) is 10.9. The van der Waals surface area contributed by atoms with Crippen LogP contribution >= 0.6 is 0 Å². The van der Waals surface area contributed by atoms with Crippen LogP contribution in [0, 0.1) is 13.8 Å². The van der Waals surface area contributed by atoms with Gasteiger partial charge >= 0.3 is 0 Å². The highest BCUT2D eigenvalue weighted by Gasteiger charge is 2.50. The van der Waals surface area contributed by atoms with Crippen LogP contribution in [-0.2, 0) is 10.4 Å². The number of methoxy groups -OCH3 is 1. The summed E-state index contributed by atoms with van der Waals surface area (Å²) >= 11 is 0. The van der Waals surface area contributed by atoms with Crippen molar-refractivity contribution in [2.75, 3.05) is 25.2 Å². The number of carbonyl (C=O) groups is 2. The monoisotopic (exact) mass is 445 g/mol. The molecule has 3 aromatic carbocycles. The van der Waals surface area contributed by atoms with Crippen LogP contribution in [0.4, 0.5) is 5.69 Å². The molecule has 0 saturated carbocycles. The zero-order valence-electron chi connectivity index (χ0n) is 19.0. The van der Waals surface area contributed by atoms with Gasteiger partial charge in [0.15, 0.2) is 22.9 Å². The van der Waals surface area contributed by atoms with Crippen molar-refractivity contribution in [2.45, 2.75) is 25.9 Å². The third kappa shape index (κ3) is 4.22. The first kappa shape index (κ1) is 22.6. The number of carbonyl (C=O) groups excluding carboxylic acids is 2. The summed E-state index contributed by atoms with van der Waals surface area (Å²) < 4.78 is 11.1. The fraction of sp³-hybridized carbons (Fsp3) is 0.259. The van der Waals surface area contributed by atoms with Crippen molar-refractivity contribution in [1.82, 2.24) is 0 Å². The average Bonchev–Trinajstić information content (AvgIpc) is 3.01. The van der Waals surface area contributed by atoms with Crippen molar-refractivity contribution >= 4 is 17.4 Å². The molecule has 0 fully saturated rings. The Morgan fingerprint density at radius 3 is 2.42 bits per heavy atom. The molecule has 1 aliphatic heterocycles. The average molecular weight is 446 g/mol. The number of nitrogens with zero attached hydrogens (tertiary/aromatic N) is 1. The van der Waals surface area contributed by atoms with Crippen LogP contribution in [-0.4, -0.2) is 37.1 Å². The fourth-order valence-corrected chi connectivity index (χ4v) is 4.34. The van der Waals surface area contributed by atoms with Crippen molar-refractivity contribution in [3.05, 3.63) is 89.0 Å². The lowest BCUT2D eigenvalue weighted by Crippen LogP contribution is -2.43. The van der Waals surface area contributed by atoms with Crippen molar-refractivity contribution in [1.29, 1.82) is 0 Å². The number of rotatable bonds is 8. The smallest absolute Gasteiger partial charge is 0.264 e. The van der Waals surface area contributed by atoms with E-state index in [1.807, 2.05) is 38.1 Å². The topological polar surface area (TPSA) is 76.1 Å². The van der Waals surface area contributed by atoms with E-state index in [0.717, 1.165) is 11.1 Å². The SMILES string of the molecule is COc1ccccc1OCCN1C(=O)C(O)(CC(=O)c2ccc(C)cc2C)c2ccccc21. The van der Waals surface area contributed by atoms with Gasteiger partial charge in [0.2, 0.25) is 0 Å². The number of aliphatic hydroxyl groups is 1. The number of hydrogen-bond donors (Lipinski definition) is 1. The van der Waals surface area contributed by atoms with Crippen molar-refractivity contribution in [3.8, 4) is 11.5 Å². The summed E-state index contributed by atoms with van der Waals surface area (Å²) in [6.45, 7) is 4.22. The van der Waals surface area contributed by atoms with E-state index >= 15 is 0 Å². The minimum absolute atomic E-state index is 0.196. The minimum atomic E-state index is -1.92. The molecule has 0 bridgehead atoms. The van der Waals surface area contributed by atoms with E-state index in [2.05, 4.69) is 0 Å². The van der Waals surface area contributed by atoms with Gasteiger partial charge < -0.3 is 19.5 Å². The molecule has 1 aliphatic rings. The number of fused-ring (bicyclic) bond motifs is 1. The Hall–Kier alpha value is -3.64. The molecule has 6 heteroatoms. The second kappa shape index (κ2) is 9.08. The lowest BCUT2D eigenvalue weighted by atomic mass is 9.87. The van der Waals surface area contributed by atoms with E-state index in [0.29, 0.717) is 28.3 Å². The molecule has 1 heterocycles. The number of benzene rings is 3. The van der Waals surface area contributed by atoms with Crippen LogP contribution in [0.25, 0.3) is 0 Å². The van der Waals surface area contributed by atoms with Crippen LogP contribution < -0.4 is 14.4 Å². The molecule has 0 aliphatic carbocycles. The van der Waals surface area contributed by atoms with Gasteiger partial charge in [0, 0.05) is 11.1 Å². The Morgan fingerprint density at radius 2 is 1.70 bits per heavy atom. The van der Waals surface area contributed by atoms with Gasteiger partial charge in [0.05, 0.1) is 25.8 Å². The summed E-state index contributed by atoms with van der Waals surface area (Å²) in [6.07, 6.45) is -0.323. The first-order chi connectivity index (χ1) is 15.8. The van der Waals surface area contributed by atoms with Crippen molar-refractivity contribution < 1.29 is 24.2 Å². The van der Waals surface area contributed by atoms with Gasteiger partial charge in [-0.3, -0.25) is 9.59 Å². The van der Waals surface area contributed by atoms with E-state index in [1.165, 1.54) is 4.90 Å². The molecule has 0 saturated heterocycles. The molecular formula is C27H27NO5. The third-order valence-electron chi connectivity index (χ3n) is 5.98. The molecule has 1 atom stereocenters. The molecule has 1 amide bonds. The normalized spacial score (nSPS) is 17.1. The lowest BCUT2D eigenvalue weighted by molar-refractivity contribution is -0.135. The van der Waals surface area contributed by atoms with Crippen LogP contribution in [0.1, 0.15) is 33.5 Å². The van der Waals surface area contributed by atoms with E-state index in [9.17, 15) is 14.7 Å². The summed E-state index contributed by atoms with van der Waals surface area (Å²) in [7, 11) is 1.56. The maximum Gasteiger partial charge on any atom is 0.264 e. The van der Waals surface area contributed by atoms with E-state index in [4.69, 9.17) is 9.47 Å². The fourth-order valence-electron chi connectivity index (χ4n) is 4.34. The summed E-state index contributed by atoms with van der Waals surface area (Å²) in [5.74, 6) is 0.372. The number of hydrogen-bond acceptors (Lipinski definition) is 5. The predicted octanol–water partition coefficient (Wildman–Crippen LogP) is 4.20. The van der Waals surface area contributed by atoms with E-state index < -0.39 is 11.5 Å². The minimum Gasteiger partial charge on any atom is -0.493 e. The number of ether oxygens (including phenoxy) is 2. The number of para-hydroxylation sites is 3. The summed E-state index contributed by atoms with van der Waals surface area (Å²) in [5, 5.41) is 11.5. The Balaban J connectivity index is 1.55. The van der Waals surface area contributed by atoms with Gasteiger partial charge in [-0.1, -0.05) is 54.1 Å². The van der Waals surface area contributed by atoms with Gasteiger partial charge in [-0.15, -0.1) is 0 Å². The highest BCUT2D eigenvalue weighted by molar-refractivity contribution is 6.11. The lowest BCUT2D eigenvalue weighted by Gasteiger charge is -2.23. The van der Waals surface area contributed by atoms with Crippen LogP contribution in [0.2, 0.25) is 0 Å². The maximum atomic E-state index is 13.4. The van der Waals surface area contributed by atoms with Gasteiger partial charge in [-0.2, -0.15) is 0 Å². The largest absolute Gasteiger partial charge is 0.493 e. The highest BCUT2D eigenvalue weighted by Crippen LogP contribution is 2.43. The molecule has 1 N–H and O–H groups in total. The molecule has 0 radical (unpaired) electrons. The van der Waals surface area contributed by atoms with Gasteiger partial charge in [0.25, 0.3) is 5.91 Å². The number of Topliss-reactive ketones (excluding diaryl/α,β-unsaturated/α-hetero) is 1. The molecule has 6 nitrogen and oxygen atoms in total. The molecule has 0 aromatic heterocycles. The van der Waals surface area contributed by atoms with Crippen LogP contribution in [0.3, 0.4) is 0 Å². The number of amides is 1. The molecular weight excluding hydrogens is 418 g/mol. The van der Waals surface area contributed by atoms with Gasteiger partial charge in [-0.25, -0.2) is 0 Å². The van der Waals surface area contributed by atoms with Crippen LogP contribution in [0.15, 0.2) is 66.7 Å². The Labute approximate surface area is 193 Å². The highest BCUT2D eigenvalue weighted by atomic mass is 16.5. The van der Waals surface area contributed by atoms with Crippen molar-refractivity contribution in [2.24, 2.45) is 0 Å². The number of aryl methyl sites for hydroxylation is 2. The molecule has 0 spiro atoms. The number of ketones is 1.